The Balaban J connectivity index is 1.87. The van der Waals surface area contributed by atoms with Crippen molar-refractivity contribution in [2.24, 2.45) is 11.8 Å². The van der Waals surface area contributed by atoms with Gasteiger partial charge in [-0.25, -0.2) is 9.48 Å². The summed E-state index contributed by atoms with van der Waals surface area (Å²) in [5.74, 6) is 0.487. The summed E-state index contributed by atoms with van der Waals surface area (Å²) in [7, 11) is 0. The highest BCUT2D eigenvalue weighted by Crippen LogP contribution is 2.30. The van der Waals surface area contributed by atoms with Gasteiger partial charge >= 0.3 is 5.97 Å². The normalized spacial score (nSPS) is 23.1. The summed E-state index contributed by atoms with van der Waals surface area (Å²) in [6.45, 7) is 3.14. The minimum absolute atomic E-state index is 0.290. The van der Waals surface area contributed by atoms with Crippen molar-refractivity contribution >= 4 is 17.0 Å². The van der Waals surface area contributed by atoms with Crippen LogP contribution in [-0.2, 0) is 6.54 Å². The average Bonchev–Trinajstić information content (AvgIpc) is 2.81. The zero-order valence-electron chi connectivity index (χ0n) is 11.6. The number of fused-ring (bicyclic) bond motifs is 1. The van der Waals surface area contributed by atoms with Crippen LogP contribution in [0.2, 0.25) is 0 Å². The second kappa shape index (κ2) is 5.23. The Morgan fingerprint density at radius 3 is 3.05 bits per heavy atom. The zero-order chi connectivity index (χ0) is 14.1. The highest BCUT2D eigenvalue weighted by Gasteiger charge is 2.20. The summed E-state index contributed by atoms with van der Waals surface area (Å²) in [6, 6.07) is 4.97. The first-order chi connectivity index (χ1) is 9.63. The molecule has 0 saturated heterocycles. The van der Waals surface area contributed by atoms with Gasteiger partial charge in [0.05, 0.1) is 11.1 Å². The van der Waals surface area contributed by atoms with Crippen molar-refractivity contribution in [2.45, 2.75) is 39.2 Å². The van der Waals surface area contributed by atoms with Gasteiger partial charge in [0, 0.05) is 6.54 Å². The first-order valence-corrected chi connectivity index (χ1v) is 7.20. The van der Waals surface area contributed by atoms with Crippen LogP contribution in [0.25, 0.3) is 11.0 Å². The summed E-state index contributed by atoms with van der Waals surface area (Å²) >= 11 is 0. The van der Waals surface area contributed by atoms with Gasteiger partial charge in [0.1, 0.15) is 5.52 Å². The Hall–Kier alpha value is -1.91. The first kappa shape index (κ1) is 13.1. The van der Waals surface area contributed by atoms with Gasteiger partial charge in [-0.05, 0) is 42.9 Å². The van der Waals surface area contributed by atoms with E-state index in [-0.39, 0.29) is 5.56 Å². The van der Waals surface area contributed by atoms with Crippen LogP contribution in [0.3, 0.4) is 0 Å². The lowest BCUT2D eigenvalue weighted by Crippen LogP contribution is -2.19. The molecule has 0 spiro atoms. The zero-order valence-corrected chi connectivity index (χ0v) is 11.6. The van der Waals surface area contributed by atoms with E-state index in [4.69, 9.17) is 5.11 Å². The Bertz CT molecular complexity index is 635. The first-order valence-electron chi connectivity index (χ1n) is 7.20. The second-order valence-electron chi connectivity index (χ2n) is 5.92. The average molecular weight is 273 g/mol. The van der Waals surface area contributed by atoms with Crippen molar-refractivity contribution in [1.82, 2.24) is 15.0 Å². The third kappa shape index (κ3) is 2.53. The number of aromatic nitrogens is 3. The highest BCUT2D eigenvalue weighted by atomic mass is 16.4. The predicted octanol–water partition coefficient (Wildman–Crippen LogP) is 2.96. The van der Waals surface area contributed by atoms with E-state index in [0.717, 1.165) is 23.5 Å². The molecule has 0 amide bonds. The minimum atomic E-state index is -0.911. The topological polar surface area (TPSA) is 68.0 Å². The fourth-order valence-electron chi connectivity index (χ4n) is 3.20. The summed E-state index contributed by atoms with van der Waals surface area (Å²) in [5.41, 5.74) is 1.88. The molecular formula is C15H19N3O2. The highest BCUT2D eigenvalue weighted by molar-refractivity contribution is 5.92. The van der Waals surface area contributed by atoms with Crippen molar-refractivity contribution in [1.29, 1.82) is 0 Å². The molecule has 1 aliphatic carbocycles. The van der Waals surface area contributed by atoms with Crippen molar-refractivity contribution < 1.29 is 9.90 Å². The molecule has 5 heteroatoms. The largest absolute Gasteiger partial charge is 0.478 e. The third-order valence-corrected chi connectivity index (χ3v) is 4.24. The molecule has 1 N–H and O–H groups in total. The van der Waals surface area contributed by atoms with Crippen molar-refractivity contribution in [3.05, 3.63) is 23.8 Å². The number of carboxylic acid groups (broad SMARTS) is 1. The van der Waals surface area contributed by atoms with Crippen molar-refractivity contribution in [2.75, 3.05) is 0 Å². The van der Waals surface area contributed by atoms with Crippen LogP contribution in [0.4, 0.5) is 0 Å². The Labute approximate surface area is 117 Å². The van der Waals surface area contributed by atoms with E-state index < -0.39 is 5.97 Å². The summed E-state index contributed by atoms with van der Waals surface area (Å²) in [6.07, 6.45) is 5.04. The van der Waals surface area contributed by atoms with Gasteiger partial charge in [-0.15, -0.1) is 5.10 Å². The molecule has 1 aromatic carbocycles. The minimum Gasteiger partial charge on any atom is -0.478 e. The number of carbonyl (C=O) groups is 1. The van der Waals surface area contributed by atoms with E-state index in [0.29, 0.717) is 5.92 Å². The third-order valence-electron chi connectivity index (χ3n) is 4.24. The molecule has 1 fully saturated rings. The van der Waals surface area contributed by atoms with Gasteiger partial charge < -0.3 is 5.11 Å². The van der Waals surface area contributed by atoms with E-state index in [1.165, 1.54) is 25.7 Å². The van der Waals surface area contributed by atoms with E-state index in [9.17, 15) is 4.79 Å². The second-order valence-corrected chi connectivity index (χ2v) is 5.92. The number of hydrogen-bond acceptors (Lipinski definition) is 3. The molecule has 0 radical (unpaired) electrons. The molecule has 3 rings (SSSR count). The van der Waals surface area contributed by atoms with E-state index in [2.05, 4.69) is 17.2 Å². The summed E-state index contributed by atoms with van der Waals surface area (Å²) < 4.78 is 1.87. The summed E-state index contributed by atoms with van der Waals surface area (Å²) in [4.78, 5) is 11.1. The SMILES string of the molecule is CC1CCCC(Cn2nnc3ccc(C(=O)O)cc32)C1. The van der Waals surface area contributed by atoms with Crippen LogP contribution in [0.5, 0.6) is 0 Å². The van der Waals surface area contributed by atoms with Crippen molar-refractivity contribution in [3.8, 4) is 0 Å². The Morgan fingerprint density at radius 2 is 2.30 bits per heavy atom. The molecule has 1 saturated carbocycles. The fourth-order valence-corrected chi connectivity index (χ4v) is 3.20. The van der Waals surface area contributed by atoms with Crippen LogP contribution < -0.4 is 0 Å². The van der Waals surface area contributed by atoms with Gasteiger partial charge in [0.25, 0.3) is 0 Å². The number of carboxylic acids is 1. The number of hydrogen-bond donors (Lipinski definition) is 1. The van der Waals surface area contributed by atoms with Crippen LogP contribution in [-0.4, -0.2) is 26.1 Å². The molecule has 5 nitrogen and oxygen atoms in total. The van der Waals surface area contributed by atoms with E-state index in [1.54, 1.807) is 18.2 Å². The molecule has 20 heavy (non-hydrogen) atoms. The standard InChI is InChI=1S/C15H19N3O2/c1-10-3-2-4-11(7-10)9-18-14-8-12(15(19)20)5-6-13(14)16-17-18/h5-6,8,10-11H,2-4,7,9H2,1H3,(H,19,20). The molecule has 2 atom stereocenters. The van der Waals surface area contributed by atoms with Crippen LogP contribution in [0, 0.1) is 11.8 Å². The van der Waals surface area contributed by atoms with Gasteiger partial charge in [0.2, 0.25) is 0 Å². The lowest BCUT2D eigenvalue weighted by molar-refractivity contribution is 0.0697. The van der Waals surface area contributed by atoms with Gasteiger partial charge in [0.15, 0.2) is 0 Å². The Kier molecular flexibility index (Phi) is 3.42. The molecular weight excluding hydrogens is 254 g/mol. The van der Waals surface area contributed by atoms with Gasteiger partial charge in [-0.3, -0.25) is 0 Å². The number of nitrogens with zero attached hydrogens (tertiary/aromatic N) is 3. The maximum absolute atomic E-state index is 11.1. The molecule has 2 unspecified atom stereocenters. The molecule has 0 aliphatic heterocycles. The molecule has 106 valence electrons. The number of rotatable bonds is 3. The predicted molar refractivity (Wildman–Crippen MR) is 75.6 cm³/mol. The Morgan fingerprint density at radius 1 is 1.45 bits per heavy atom. The number of benzene rings is 1. The van der Waals surface area contributed by atoms with Gasteiger partial charge in [-0.2, -0.15) is 0 Å². The fraction of sp³-hybridized carbons (Fsp3) is 0.533. The monoisotopic (exact) mass is 273 g/mol. The van der Waals surface area contributed by atoms with E-state index >= 15 is 0 Å². The maximum Gasteiger partial charge on any atom is 0.335 e. The maximum atomic E-state index is 11.1. The van der Waals surface area contributed by atoms with Crippen molar-refractivity contribution in [3.63, 3.8) is 0 Å². The lowest BCUT2D eigenvalue weighted by atomic mass is 9.82. The number of aromatic carboxylic acids is 1. The molecule has 2 aromatic rings. The molecule has 1 aliphatic rings. The smallest absolute Gasteiger partial charge is 0.335 e. The molecule has 0 bridgehead atoms. The molecule has 1 aromatic heterocycles. The van der Waals surface area contributed by atoms with Crippen LogP contribution >= 0.6 is 0 Å². The quantitative estimate of drug-likeness (QED) is 0.933. The van der Waals surface area contributed by atoms with Crippen LogP contribution in [0.1, 0.15) is 43.0 Å². The van der Waals surface area contributed by atoms with Crippen LogP contribution in [0.15, 0.2) is 18.2 Å². The summed E-state index contributed by atoms with van der Waals surface area (Å²) in [5, 5.41) is 17.4. The van der Waals surface area contributed by atoms with E-state index in [1.807, 2.05) is 4.68 Å². The van der Waals surface area contributed by atoms with Gasteiger partial charge in [-0.1, -0.05) is 25.0 Å². The lowest BCUT2D eigenvalue weighted by Gasteiger charge is -2.26. The molecule has 1 heterocycles.